The maximum Gasteiger partial charge on any atom is 0.326 e. The molecule has 2 rings (SSSR count). The van der Waals surface area contributed by atoms with E-state index in [0.717, 1.165) is 4.90 Å². The second kappa shape index (κ2) is 6.40. The second-order valence-electron chi connectivity index (χ2n) is 4.81. The largest absolute Gasteiger partial charge is 0.480 e. The van der Waals surface area contributed by atoms with E-state index in [4.69, 9.17) is 9.52 Å². The third kappa shape index (κ3) is 3.60. The van der Waals surface area contributed by atoms with Gasteiger partial charge < -0.3 is 24.8 Å². The van der Waals surface area contributed by atoms with Crippen LogP contribution in [-0.4, -0.2) is 58.1 Å². The van der Waals surface area contributed by atoms with E-state index in [0.29, 0.717) is 5.56 Å². The summed E-state index contributed by atoms with van der Waals surface area (Å²) in [6, 6.07) is 0.492. The molecular weight excluding hydrogens is 280 g/mol. The zero-order chi connectivity index (χ0) is 15.4. The van der Waals surface area contributed by atoms with E-state index in [1.165, 1.54) is 18.6 Å². The summed E-state index contributed by atoms with van der Waals surface area (Å²) < 4.78 is 4.77. The molecule has 1 aromatic heterocycles. The summed E-state index contributed by atoms with van der Waals surface area (Å²) in [4.78, 5) is 35.7. The van der Waals surface area contributed by atoms with Crippen LogP contribution in [0.3, 0.4) is 0 Å². The van der Waals surface area contributed by atoms with Gasteiger partial charge in [-0.2, -0.15) is 0 Å². The van der Waals surface area contributed by atoms with E-state index in [9.17, 15) is 19.5 Å². The number of hydrogen-bond acceptors (Lipinski definition) is 5. The number of nitrogens with zero attached hydrogens (tertiary/aromatic N) is 1. The zero-order valence-corrected chi connectivity index (χ0v) is 11.2. The van der Waals surface area contributed by atoms with Gasteiger partial charge in [0.25, 0.3) is 5.91 Å². The van der Waals surface area contributed by atoms with Crippen molar-refractivity contribution in [2.24, 2.45) is 0 Å². The summed E-state index contributed by atoms with van der Waals surface area (Å²) in [7, 11) is 0. The number of hydrogen-bond donors (Lipinski definition) is 3. The summed E-state index contributed by atoms with van der Waals surface area (Å²) in [6.07, 6.45) is 1.83. The number of carbonyl (C=O) groups excluding carboxylic acids is 2. The Balaban J connectivity index is 1.81. The van der Waals surface area contributed by atoms with Crippen molar-refractivity contribution in [3.05, 3.63) is 24.2 Å². The van der Waals surface area contributed by atoms with Crippen LogP contribution in [0.25, 0.3) is 0 Å². The van der Waals surface area contributed by atoms with Gasteiger partial charge in [0.2, 0.25) is 5.91 Å². The van der Waals surface area contributed by atoms with Gasteiger partial charge in [-0.1, -0.05) is 0 Å². The van der Waals surface area contributed by atoms with Gasteiger partial charge in [-0.05, 0) is 6.07 Å². The average molecular weight is 296 g/mol. The molecule has 0 saturated carbocycles. The van der Waals surface area contributed by atoms with Crippen molar-refractivity contribution in [2.45, 2.75) is 25.0 Å². The van der Waals surface area contributed by atoms with E-state index in [-0.39, 0.29) is 31.8 Å². The Kier molecular flexibility index (Phi) is 4.59. The fourth-order valence-corrected chi connectivity index (χ4v) is 2.25. The highest BCUT2D eigenvalue weighted by molar-refractivity contribution is 5.94. The molecule has 114 valence electrons. The number of aliphatic hydroxyl groups excluding tert-OH is 1. The lowest BCUT2D eigenvalue weighted by Crippen LogP contribution is -2.41. The Bertz CT molecular complexity index is 527. The van der Waals surface area contributed by atoms with Crippen LogP contribution in [-0.2, 0) is 9.59 Å². The molecule has 3 N–H and O–H groups in total. The van der Waals surface area contributed by atoms with Crippen molar-refractivity contribution in [3.63, 3.8) is 0 Å². The summed E-state index contributed by atoms with van der Waals surface area (Å²) in [5.41, 5.74) is 0.349. The maximum atomic E-state index is 12.0. The van der Waals surface area contributed by atoms with Gasteiger partial charge >= 0.3 is 5.97 Å². The Hall–Kier alpha value is -2.35. The Labute approximate surface area is 120 Å². The van der Waals surface area contributed by atoms with Gasteiger partial charge in [-0.3, -0.25) is 9.59 Å². The third-order valence-electron chi connectivity index (χ3n) is 3.29. The molecule has 0 aromatic carbocycles. The van der Waals surface area contributed by atoms with E-state index in [2.05, 4.69) is 5.32 Å². The molecule has 8 nitrogen and oxygen atoms in total. The van der Waals surface area contributed by atoms with Crippen LogP contribution in [0.4, 0.5) is 0 Å². The lowest BCUT2D eigenvalue weighted by Gasteiger charge is -2.21. The highest BCUT2D eigenvalue weighted by Crippen LogP contribution is 2.18. The van der Waals surface area contributed by atoms with E-state index in [1.807, 2.05) is 0 Å². The Morgan fingerprint density at radius 2 is 2.19 bits per heavy atom. The molecule has 1 aliphatic rings. The molecule has 0 unspecified atom stereocenters. The van der Waals surface area contributed by atoms with E-state index >= 15 is 0 Å². The quantitative estimate of drug-likeness (QED) is 0.670. The summed E-state index contributed by atoms with van der Waals surface area (Å²) in [5, 5.41) is 21.0. The van der Waals surface area contributed by atoms with Crippen molar-refractivity contribution in [3.8, 4) is 0 Å². The van der Waals surface area contributed by atoms with Crippen molar-refractivity contribution in [1.29, 1.82) is 0 Å². The predicted octanol–water partition coefficient (Wildman–Crippen LogP) is -0.554. The molecule has 0 bridgehead atoms. The molecule has 1 saturated heterocycles. The molecular formula is C13H16N2O6. The number of carboxylic acid groups (broad SMARTS) is 1. The van der Waals surface area contributed by atoms with Crippen LogP contribution in [0, 0.1) is 0 Å². The summed E-state index contributed by atoms with van der Waals surface area (Å²) >= 11 is 0. The lowest BCUT2D eigenvalue weighted by molar-refractivity contribution is -0.148. The molecule has 1 fully saturated rings. The molecule has 0 aliphatic carbocycles. The molecule has 2 heterocycles. The molecule has 0 radical (unpaired) electrons. The number of amides is 2. The van der Waals surface area contributed by atoms with Gasteiger partial charge in [-0.25, -0.2) is 4.79 Å². The average Bonchev–Trinajstić information content (AvgIpc) is 3.07. The molecule has 1 aliphatic heterocycles. The monoisotopic (exact) mass is 296 g/mol. The highest BCUT2D eigenvalue weighted by atomic mass is 16.4. The predicted molar refractivity (Wildman–Crippen MR) is 69.4 cm³/mol. The summed E-state index contributed by atoms with van der Waals surface area (Å²) in [5.74, 6) is -1.92. The van der Waals surface area contributed by atoms with Crippen molar-refractivity contribution in [1.82, 2.24) is 10.2 Å². The normalized spacial score (nSPS) is 21.3. The topological polar surface area (TPSA) is 120 Å². The number of nitrogens with one attached hydrogen (secondary N) is 1. The Morgan fingerprint density at radius 3 is 2.81 bits per heavy atom. The van der Waals surface area contributed by atoms with Crippen LogP contribution in [0.1, 0.15) is 23.2 Å². The van der Waals surface area contributed by atoms with Crippen molar-refractivity contribution >= 4 is 17.8 Å². The minimum Gasteiger partial charge on any atom is -0.480 e. The zero-order valence-electron chi connectivity index (χ0n) is 11.2. The number of aliphatic carboxylic acids is 1. The van der Waals surface area contributed by atoms with Crippen LogP contribution in [0.5, 0.6) is 0 Å². The van der Waals surface area contributed by atoms with Gasteiger partial charge in [0.15, 0.2) is 0 Å². The molecule has 2 atom stereocenters. The SMILES string of the molecule is O=C(NCCC(=O)N1C[C@H](O)C[C@@H]1C(=O)O)c1ccoc1. The van der Waals surface area contributed by atoms with Crippen LogP contribution >= 0.6 is 0 Å². The van der Waals surface area contributed by atoms with Gasteiger partial charge in [-0.15, -0.1) is 0 Å². The first-order chi connectivity index (χ1) is 9.99. The number of carbonyl (C=O) groups is 3. The van der Waals surface area contributed by atoms with Gasteiger partial charge in [0, 0.05) is 25.9 Å². The maximum absolute atomic E-state index is 12.0. The number of β-amino-alcohol motifs (C(OH)–C–C–N with tert-alkyl or cyclic N) is 1. The first kappa shape index (κ1) is 15.0. The minimum atomic E-state index is -1.14. The minimum absolute atomic E-state index is 0.00543. The van der Waals surface area contributed by atoms with Gasteiger partial charge in [0.05, 0.1) is 17.9 Å². The molecule has 8 heteroatoms. The summed E-state index contributed by atoms with van der Waals surface area (Å²) in [6.45, 7) is 0.0905. The van der Waals surface area contributed by atoms with Crippen LogP contribution < -0.4 is 5.32 Å². The number of aliphatic hydroxyl groups is 1. The lowest BCUT2D eigenvalue weighted by atomic mass is 10.2. The third-order valence-corrected chi connectivity index (χ3v) is 3.29. The van der Waals surface area contributed by atoms with Gasteiger partial charge in [0.1, 0.15) is 12.3 Å². The highest BCUT2D eigenvalue weighted by Gasteiger charge is 2.38. The van der Waals surface area contributed by atoms with Crippen LogP contribution in [0.2, 0.25) is 0 Å². The fourth-order valence-electron chi connectivity index (χ4n) is 2.25. The fraction of sp³-hybridized carbons (Fsp3) is 0.462. The number of furan rings is 1. The van der Waals surface area contributed by atoms with Crippen molar-refractivity contribution < 1.29 is 29.0 Å². The first-order valence-electron chi connectivity index (χ1n) is 6.49. The smallest absolute Gasteiger partial charge is 0.326 e. The first-order valence-corrected chi connectivity index (χ1v) is 6.49. The number of rotatable bonds is 5. The number of carboxylic acids is 1. The van der Waals surface area contributed by atoms with Crippen molar-refractivity contribution in [2.75, 3.05) is 13.1 Å². The molecule has 21 heavy (non-hydrogen) atoms. The van der Waals surface area contributed by atoms with Crippen LogP contribution in [0.15, 0.2) is 23.0 Å². The molecule has 1 aromatic rings. The molecule has 2 amide bonds. The number of likely N-dealkylation sites (tertiary alicyclic amines) is 1. The second-order valence-corrected chi connectivity index (χ2v) is 4.81. The Morgan fingerprint density at radius 1 is 1.43 bits per heavy atom. The standard InChI is InChI=1S/C13H16N2O6/c16-9-5-10(13(19)20)15(6-9)11(17)1-3-14-12(18)8-2-4-21-7-8/h2,4,7,9-10,16H,1,3,5-6H2,(H,14,18)(H,19,20)/t9-,10-/m1/s1. The molecule has 0 spiro atoms. The van der Waals surface area contributed by atoms with E-state index < -0.39 is 24.0 Å². The van der Waals surface area contributed by atoms with E-state index in [1.54, 1.807) is 0 Å².